The van der Waals surface area contributed by atoms with Crippen molar-refractivity contribution in [1.29, 1.82) is 0 Å². The number of rotatable bonds is 7. The molecule has 2 aromatic carbocycles. The summed E-state index contributed by atoms with van der Waals surface area (Å²) in [5.41, 5.74) is 1.73. The third kappa shape index (κ3) is 5.93. The Kier molecular flexibility index (Phi) is 7.28. The number of carbonyl (C=O) groups is 1. The fourth-order valence-corrected chi connectivity index (χ4v) is 3.00. The van der Waals surface area contributed by atoms with Gasteiger partial charge in [0.05, 0.1) is 11.9 Å². The summed E-state index contributed by atoms with van der Waals surface area (Å²) in [7, 11) is 0. The van der Waals surface area contributed by atoms with Gasteiger partial charge >= 0.3 is 0 Å². The van der Waals surface area contributed by atoms with Gasteiger partial charge in [0.15, 0.2) is 0 Å². The van der Waals surface area contributed by atoms with Crippen molar-refractivity contribution >= 4 is 46.6 Å². The summed E-state index contributed by atoms with van der Waals surface area (Å²) in [6.45, 7) is 4.34. The number of amides is 1. The van der Waals surface area contributed by atoms with Gasteiger partial charge in [-0.05, 0) is 55.8 Å². The number of carbonyl (C=O) groups excluding carboxylic acids is 1. The van der Waals surface area contributed by atoms with Crippen LogP contribution in [0.1, 0.15) is 12.5 Å². The molecule has 6 heteroatoms. The Bertz CT molecular complexity index is 692. The number of hydrogen-bond donors (Lipinski definition) is 1. The smallest absolute Gasteiger partial charge is 0.237 e. The quantitative estimate of drug-likeness (QED) is 0.646. The highest BCUT2D eigenvalue weighted by atomic mass is 35.5. The van der Waals surface area contributed by atoms with Gasteiger partial charge in [0.2, 0.25) is 5.91 Å². The van der Waals surface area contributed by atoms with Crippen molar-refractivity contribution in [1.82, 2.24) is 0 Å². The van der Waals surface area contributed by atoms with Crippen molar-refractivity contribution < 1.29 is 9.53 Å². The average molecular weight is 384 g/mol. The zero-order chi connectivity index (χ0) is 17.5. The zero-order valence-electron chi connectivity index (χ0n) is 13.5. The van der Waals surface area contributed by atoms with E-state index >= 15 is 0 Å². The maximum absolute atomic E-state index is 12.2. The van der Waals surface area contributed by atoms with Crippen LogP contribution in [-0.2, 0) is 4.79 Å². The lowest BCUT2D eigenvalue weighted by Gasteiger charge is -2.14. The highest BCUT2D eigenvalue weighted by Gasteiger charge is 2.14. The highest BCUT2D eigenvalue weighted by molar-refractivity contribution is 8.00. The first kappa shape index (κ1) is 19.0. The van der Waals surface area contributed by atoms with Crippen LogP contribution in [0.5, 0.6) is 5.75 Å². The summed E-state index contributed by atoms with van der Waals surface area (Å²) < 4.78 is 5.62. The molecule has 0 heterocycles. The number of nitrogens with one attached hydrogen (secondary N) is 1. The first-order valence-electron chi connectivity index (χ1n) is 7.52. The monoisotopic (exact) mass is 383 g/mol. The Morgan fingerprint density at radius 2 is 1.83 bits per heavy atom. The number of aryl methyl sites for hydroxylation is 1. The van der Waals surface area contributed by atoms with Crippen molar-refractivity contribution in [3.63, 3.8) is 0 Å². The predicted molar refractivity (Wildman–Crippen MR) is 104 cm³/mol. The second kappa shape index (κ2) is 9.21. The van der Waals surface area contributed by atoms with Gasteiger partial charge in [-0.25, -0.2) is 0 Å². The minimum Gasteiger partial charge on any atom is -0.493 e. The highest BCUT2D eigenvalue weighted by Crippen LogP contribution is 2.22. The normalized spacial score (nSPS) is 11.8. The Labute approximate surface area is 156 Å². The predicted octanol–water partition coefficient (Wildman–Crippen LogP) is 5.44. The van der Waals surface area contributed by atoms with Crippen molar-refractivity contribution in [2.24, 2.45) is 0 Å². The summed E-state index contributed by atoms with van der Waals surface area (Å²) in [6, 6.07) is 12.7. The lowest BCUT2D eigenvalue weighted by Crippen LogP contribution is -2.23. The van der Waals surface area contributed by atoms with E-state index in [-0.39, 0.29) is 11.2 Å². The second-order valence-corrected chi connectivity index (χ2v) is 7.59. The van der Waals surface area contributed by atoms with E-state index in [1.165, 1.54) is 0 Å². The van der Waals surface area contributed by atoms with Crippen LogP contribution in [-0.4, -0.2) is 23.5 Å². The van der Waals surface area contributed by atoms with Gasteiger partial charge in [0, 0.05) is 21.5 Å². The SMILES string of the molecule is Cc1ccc(Cl)cc1NC(=O)C(C)SCCOc1ccc(Cl)cc1. The molecule has 1 amide bonds. The van der Waals surface area contributed by atoms with E-state index in [0.717, 1.165) is 17.0 Å². The molecule has 3 nitrogen and oxygen atoms in total. The molecular formula is C18H19Cl2NO2S. The van der Waals surface area contributed by atoms with E-state index in [1.807, 2.05) is 32.0 Å². The molecule has 0 bridgehead atoms. The molecule has 0 saturated carbocycles. The number of thioether (sulfide) groups is 1. The molecule has 0 saturated heterocycles. The fraction of sp³-hybridized carbons (Fsp3) is 0.278. The van der Waals surface area contributed by atoms with E-state index in [0.29, 0.717) is 22.4 Å². The molecular weight excluding hydrogens is 365 g/mol. The summed E-state index contributed by atoms with van der Waals surface area (Å²) in [4.78, 5) is 12.2. The number of benzene rings is 2. The lowest BCUT2D eigenvalue weighted by molar-refractivity contribution is -0.115. The molecule has 0 aliphatic rings. The third-order valence-electron chi connectivity index (χ3n) is 3.36. The van der Waals surface area contributed by atoms with E-state index in [2.05, 4.69) is 5.32 Å². The molecule has 2 rings (SSSR count). The minimum atomic E-state index is -0.183. The Balaban J connectivity index is 1.75. The van der Waals surface area contributed by atoms with Crippen LogP contribution in [0.3, 0.4) is 0 Å². The molecule has 1 unspecified atom stereocenters. The molecule has 0 fully saturated rings. The molecule has 2 aromatic rings. The van der Waals surface area contributed by atoms with Crippen molar-refractivity contribution in [3.05, 3.63) is 58.1 Å². The average Bonchev–Trinajstić information content (AvgIpc) is 2.56. The standard InChI is InChI=1S/C18H19Cl2NO2S/c1-12-3-4-15(20)11-17(12)21-18(22)13(2)24-10-9-23-16-7-5-14(19)6-8-16/h3-8,11,13H,9-10H2,1-2H3,(H,21,22). The third-order valence-corrected chi connectivity index (χ3v) is 4.96. The molecule has 1 N–H and O–H groups in total. The number of ether oxygens (including phenoxy) is 1. The van der Waals surface area contributed by atoms with Gasteiger partial charge in [-0.2, -0.15) is 0 Å². The van der Waals surface area contributed by atoms with Crippen LogP contribution < -0.4 is 10.1 Å². The van der Waals surface area contributed by atoms with Crippen molar-refractivity contribution in [2.45, 2.75) is 19.1 Å². The maximum atomic E-state index is 12.2. The van der Waals surface area contributed by atoms with E-state index < -0.39 is 0 Å². The molecule has 128 valence electrons. The topological polar surface area (TPSA) is 38.3 Å². The van der Waals surface area contributed by atoms with E-state index in [9.17, 15) is 4.79 Å². The number of anilines is 1. The zero-order valence-corrected chi connectivity index (χ0v) is 15.8. The van der Waals surface area contributed by atoms with Gasteiger partial charge in [0.1, 0.15) is 5.75 Å². The summed E-state index contributed by atoms with van der Waals surface area (Å²) in [5.74, 6) is 1.44. The molecule has 0 aliphatic heterocycles. The lowest BCUT2D eigenvalue weighted by atomic mass is 10.2. The molecule has 24 heavy (non-hydrogen) atoms. The minimum absolute atomic E-state index is 0.0446. The number of halogens is 2. The van der Waals surface area contributed by atoms with Crippen LogP contribution >= 0.6 is 35.0 Å². The van der Waals surface area contributed by atoms with Gasteiger partial charge in [-0.1, -0.05) is 29.3 Å². The Morgan fingerprint density at radius 1 is 1.17 bits per heavy atom. The molecule has 0 aliphatic carbocycles. The Hall–Kier alpha value is -1.36. The van der Waals surface area contributed by atoms with Crippen LogP contribution in [0.2, 0.25) is 10.0 Å². The van der Waals surface area contributed by atoms with E-state index in [1.54, 1.807) is 36.0 Å². The van der Waals surface area contributed by atoms with Gasteiger partial charge in [-0.3, -0.25) is 4.79 Å². The molecule has 0 aromatic heterocycles. The maximum Gasteiger partial charge on any atom is 0.237 e. The van der Waals surface area contributed by atoms with E-state index in [4.69, 9.17) is 27.9 Å². The first-order valence-corrected chi connectivity index (χ1v) is 9.33. The summed E-state index contributed by atoms with van der Waals surface area (Å²) in [6.07, 6.45) is 0. The Morgan fingerprint density at radius 3 is 2.54 bits per heavy atom. The largest absolute Gasteiger partial charge is 0.493 e. The van der Waals surface area contributed by atoms with Crippen molar-refractivity contribution in [2.75, 3.05) is 17.7 Å². The molecule has 0 spiro atoms. The summed E-state index contributed by atoms with van der Waals surface area (Å²) in [5, 5.41) is 4.02. The van der Waals surface area contributed by atoms with Gasteiger partial charge in [0.25, 0.3) is 0 Å². The summed E-state index contributed by atoms with van der Waals surface area (Å²) >= 11 is 13.3. The van der Waals surface area contributed by atoms with Crippen LogP contribution in [0.4, 0.5) is 5.69 Å². The first-order chi connectivity index (χ1) is 11.5. The number of hydrogen-bond acceptors (Lipinski definition) is 3. The van der Waals surface area contributed by atoms with Gasteiger partial charge in [-0.15, -0.1) is 11.8 Å². The van der Waals surface area contributed by atoms with Crippen LogP contribution in [0.25, 0.3) is 0 Å². The van der Waals surface area contributed by atoms with Crippen molar-refractivity contribution in [3.8, 4) is 5.75 Å². The molecule has 0 radical (unpaired) electrons. The van der Waals surface area contributed by atoms with Crippen LogP contribution in [0, 0.1) is 6.92 Å². The molecule has 1 atom stereocenters. The van der Waals surface area contributed by atoms with Gasteiger partial charge < -0.3 is 10.1 Å². The fourth-order valence-electron chi connectivity index (χ4n) is 1.95. The van der Waals surface area contributed by atoms with Crippen LogP contribution in [0.15, 0.2) is 42.5 Å². The second-order valence-electron chi connectivity index (χ2n) is 5.26.